The fourth-order valence-corrected chi connectivity index (χ4v) is 12.1. The summed E-state index contributed by atoms with van der Waals surface area (Å²) in [6, 6.07) is 66.2. The van der Waals surface area contributed by atoms with Crippen molar-refractivity contribution in [3.63, 3.8) is 0 Å². The normalized spacial score (nSPS) is 11.4. The van der Waals surface area contributed by atoms with Crippen LogP contribution in [0.25, 0.3) is 90.9 Å². The number of nitrogens with one attached hydrogen (secondary N) is 4. The third kappa shape index (κ3) is 13.4. The van der Waals surface area contributed by atoms with E-state index in [2.05, 4.69) is 21.3 Å². The van der Waals surface area contributed by atoms with Crippen LogP contribution in [0.2, 0.25) is 0 Å². The average Bonchev–Trinajstić information content (AvgIpc) is 1.64. The molecule has 459 valence electrons. The number of anilines is 4. The standard InChI is InChI=1S/C76H54Cl4N8O4.Cu/c77-41-45-13-9-17-49(37-45)73(89)85-57-25-5-1-21-53(57)69-61-29-31-63(81-61)70(54-22-2-6-26-58(54)86-74(90)50-18-10-14-46(38-50)42-78)65-33-35-67(83-65)72(56-24-4-8-28-60(56)88-76(92)52-20-12-16-48(40-52)44-80)68-36-34-66(84-68)71(64-32-30-62(69)82-64)55-23-3-7-27-59(55)87-75(91)51-19-11-15-47(39-51)43-79;/h1-40H,41-44H2,(H6,81,82,83,84,85,86,87,88,89,90,91,92);/q;+2/p-2. The zero-order chi connectivity index (χ0) is 63.2. The topological polar surface area (TPSA) is 170 Å². The van der Waals surface area contributed by atoms with Gasteiger partial charge in [0.25, 0.3) is 23.6 Å². The van der Waals surface area contributed by atoms with Gasteiger partial charge in [-0.3, -0.25) is 19.2 Å². The average molecular weight is 1350 g/mol. The SMILES string of the molecule is O=C(Nc1ccccc1-c1c2nc(c(-c3ccccc3NC(=O)c3cccc(CCl)c3)c3ccc([n-]3)c(-c3ccccc3NC(=O)c3cccc(CCl)c3)c3nc(c(-c4ccccc4NC(=O)c4cccc(CCl)c4)c4ccc1[n-]4)C=C3)C=C2)c1cccc(CCl)c1.[Cu+2]. The third-order valence-electron chi connectivity index (χ3n) is 15.8. The Morgan fingerprint density at radius 1 is 0.301 bits per heavy atom. The molecule has 2 aliphatic rings. The summed E-state index contributed by atoms with van der Waals surface area (Å²) in [5, 5.41) is 12.8. The molecule has 5 heterocycles. The Morgan fingerprint density at radius 2 is 0.527 bits per heavy atom. The molecule has 11 aromatic rings. The van der Waals surface area contributed by atoms with Crippen molar-refractivity contribution in [2.45, 2.75) is 23.5 Å². The van der Waals surface area contributed by atoms with Gasteiger partial charge in [-0.25, -0.2) is 9.97 Å². The number of hydrogen-bond acceptors (Lipinski definition) is 6. The Hall–Kier alpha value is -10.1. The number of aromatic nitrogens is 4. The first kappa shape index (κ1) is 63.1. The molecular formula is C76H52Cl4CuN8O4. The summed E-state index contributed by atoms with van der Waals surface area (Å²) in [5.74, 6) is -0.512. The molecule has 12 nitrogen and oxygen atoms in total. The number of carbonyl (C=O) groups excluding carboxylic acids is 4. The van der Waals surface area contributed by atoms with Crippen LogP contribution in [-0.2, 0) is 40.6 Å². The second-order valence-corrected chi connectivity index (χ2v) is 22.8. The van der Waals surface area contributed by atoms with E-state index < -0.39 is 0 Å². The predicted molar refractivity (Wildman–Crippen MR) is 374 cm³/mol. The second-order valence-electron chi connectivity index (χ2n) is 21.7. The maximum absolute atomic E-state index is 14.3. The molecule has 93 heavy (non-hydrogen) atoms. The second kappa shape index (κ2) is 28.2. The number of para-hydroxylation sites is 4. The van der Waals surface area contributed by atoms with Crippen molar-refractivity contribution in [3.8, 4) is 44.5 Å². The summed E-state index contributed by atoms with van der Waals surface area (Å²) in [4.78, 5) is 79.4. The van der Waals surface area contributed by atoms with E-state index in [4.69, 9.17) is 66.3 Å². The summed E-state index contributed by atoms with van der Waals surface area (Å²) in [5.41, 5.74) is 15.3. The molecule has 3 aromatic heterocycles. The van der Waals surface area contributed by atoms with E-state index in [0.29, 0.717) is 134 Å². The fourth-order valence-electron chi connectivity index (χ4n) is 11.4. The first-order chi connectivity index (χ1) is 45.0. The zero-order valence-corrected chi connectivity index (χ0v) is 53.1. The van der Waals surface area contributed by atoms with Crippen LogP contribution in [0.1, 0.15) is 86.5 Å². The van der Waals surface area contributed by atoms with Gasteiger partial charge < -0.3 is 31.2 Å². The largest absolute Gasteiger partial charge is 2.00 e. The maximum Gasteiger partial charge on any atom is 2.00 e. The van der Waals surface area contributed by atoms with Gasteiger partial charge in [-0.15, -0.1) is 68.5 Å². The molecule has 13 rings (SSSR count). The first-order valence-corrected chi connectivity index (χ1v) is 31.5. The number of fused-ring (bicyclic) bond motifs is 8. The van der Waals surface area contributed by atoms with Gasteiger partial charge in [-0.2, -0.15) is 0 Å². The van der Waals surface area contributed by atoms with Crippen LogP contribution in [0.5, 0.6) is 0 Å². The number of nitrogens with zero attached hydrogens (tertiary/aromatic N) is 4. The minimum atomic E-state index is -0.354. The molecule has 0 saturated heterocycles. The van der Waals surface area contributed by atoms with Crippen LogP contribution in [0.3, 0.4) is 0 Å². The number of amides is 4. The molecular weight excluding hydrogens is 1290 g/mol. The molecule has 0 aliphatic carbocycles. The molecule has 0 saturated carbocycles. The number of hydrogen-bond donors (Lipinski definition) is 4. The van der Waals surface area contributed by atoms with Gasteiger partial charge in [0.2, 0.25) is 0 Å². The Kier molecular flexibility index (Phi) is 19.1. The van der Waals surface area contributed by atoms with Crippen LogP contribution in [-0.4, -0.2) is 33.6 Å². The van der Waals surface area contributed by atoms with E-state index in [1.807, 2.05) is 170 Å². The molecule has 8 aromatic carbocycles. The van der Waals surface area contributed by atoms with Gasteiger partial charge in [-0.1, -0.05) is 146 Å². The molecule has 17 heteroatoms. The van der Waals surface area contributed by atoms with Crippen LogP contribution in [0.4, 0.5) is 22.7 Å². The third-order valence-corrected chi connectivity index (χ3v) is 17.0. The van der Waals surface area contributed by atoms with Crippen LogP contribution in [0.15, 0.2) is 218 Å². The smallest absolute Gasteiger partial charge is 0.657 e. The number of rotatable bonds is 16. The quantitative estimate of drug-likeness (QED) is 0.0547. The summed E-state index contributed by atoms with van der Waals surface area (Å²) in [7, 11) is 0. The number of alkyl halides is 4. The molecule has 4 N–H and O–H groups in total. The van der Waals surface area contributed by atoms with E-state index in [1.54, 1.807) is 72.8 Å². The number of benzene rings is 8. The van der Waals surface area contributed by atoms with E-state index >= 15 is 0 Å². The van der Waals surface area contributed by atoms with Crippen LogP contribution >= 0.6 is 46.4 Å². The van der Waals surface area contributed by atoms with E-state index in [0.717, 1.165) is 22.3 Å². The fraction of sp³-hybridized carbons (Fsp3) is 0.0526. The Bertz CT molecular complexity index is 4410. The zero-order valence-electron chi connectivity index (χ0n) is 49.2. The molecule has 0 unspecified atom stereocenters. The Labute approximate surface area is 566 Å². The number of halogens is 4. The molecule has 8 bridgehead atoms. The van der Waals surface area contributed by atoms with Gasteiger partial charge in [0.05, 0.1) is 22.8 Å². The minimum absolute atomic E-state index is 0. The van der Waals surface area contributed by atoms with E-state index in [9.17, 15) is 19.2 Å². The van der Waals surface area contributed by atoms with Crippen molar-refractivity contribution in [3.05, 3.63) is 286 Å². The van der Waals surface area contributed by atoms with Gasteiger partial charge in [0.15, 0.2) is 0 Å². The summed E-state index contributed by atoms with van der Waals surface area (Å²) in [6.45, 7) is 0. The Balaban J connectivity index is 0.00000832. The van der Waals surface area contributed by atoms with Crippen LogP contribution < -0.4 is 31.2 Å². The first-order valence-electron chi connectivity index (χ1n) is 29.3. The Morgan fingerprint density at radius 3 is 0.753 bits per heavy atom. The summed E-state index contributed by atoms with van der Waals surface area (Å²) >= 11 is 25.0. The van der Waals surface area contributed by atoms with Gasteiger partial charge in [0.1, 0.15) is 0 Å². The van der Waals surface area contributed by atoms with Crippen molar-refractivity contribution in [2.75, 3.05) is 21.3 Å². The molecule has 4 amide bonds. The van der Waals surface area contributed by atoms with Crippen molar-refractivity contribution in [1.29, 1.82) is 0 Å². The van der Waals surface area contributed by atoms with E-state index in [-0.39, 0.29) is 64.2 Å². The molecule has 0 atom stereocenters. The summed E-state index contributed by atoms with van der Waals surface area (Å²) in [6.07, 6.45) is 7.62. The molecule has 0 fully saturated rings. The van der Waals surface area contributed by atoms with Crippen molar-refractivity contribution < 1.29 is 36.2 Å². The van der Waals surface area contributed by atoms with Crippen molar-refractivity contribution in [1.82, 2.24) is 19.9 Å². The summed E-state index contributed by atoms with van der Waals surface area (Å²) < 4.78 is 0. The molecule has 0 spiro atoms. The van der Waals surface area contributed by atoms with Crippen molar-refractivity contribution >= 4 is 139 Å². The van der Waals surface area contributed by atoms with Gasteiger partial charge >= 0.3 is 17.1 Å². The number of carbonyl (C=O) groups is 4. The monoisotopic (exact) mass is 1340 g/mol. The van der Waals surface area contributed by atoms with Crippen molar-refractivity contribution in [2.24, 2.45) is 0 Å². The van der Waals surface area contributed by atoms with Gasteiger partial charge in [-0.05, 0) is 142 Å². The van der Waals surface area contributed by atoms with Gasteiger partial charge in [0, 0.05) is 90.8 Å². The molecule has 2 aliphatic heterocycles. The predicted octanol–water partition coefficient (Wildman–Crippen LogP) is 18.5. The van der Waals surface area contributed by atoms with Crippen LogP contribution in [0, 0.1) is 0 Å². The maximum atomic E-state index is 14.3. The molecule has 1 radical (unpaired) electrons. The van der Waals surface area contributed by atoms with E-state index in [1.165, 1.54) is 0 Å². The minimum Gasteiger partial charge on any atom is -0.657 e.